The lowest BCUT2D eigenvalue weighted by Gasteiger charge is -1.99. The average molecular weight is 301 g/mol. The van der Waals surface area contributed by atoms with E-state index in [1.807, 2.05) is 40.4 Å². The van der Waals surface area contributed by atoms with Crippen molar-refractivity contribution in [3.05, 3.63) is 52.2 Å². The fourth-order valence-electron chi connectivity index (χ4n) is 1.71. The van der Waals surface area contributed by atoms with Crippen LogP contribution in [0.1, 0.15) is 5.56 Å². The van der Waals surface area contributed by atoms with E-state index in [1.54, 1.807) is 17.5 Å². The highest BCUT2D eigenvalue weighted by atomic mass is 32.1. The summed E-state index contributed by atoms with van der Waals surface area (Å²) in [5.74, 6) is -0.0506. The molecule has 0 spiro atoms. The molecular formula is C14H11N3OS2. The van der Waals surface area contributed by atoms with Gasteiger partial charge in [0, 0.05) is 11.6 Å². The second-order valence-corrected chi connectivity index (χ2v) is 5.75. The Kier molecular flexibility index (Phi) is 3.85. The number of thiophene rings is 1. The van der Waals surface area contributed by atoms with Crippen LogP contribution in [0.3, 0.4) is 0 Å². The first-order valence-electron chi connectivity index (χ1n) is 5.99. The van der Waals surface area contributed by atoms with Crippen LogP contribution >= 0.6 is 22.7 Å². The van der Waals surface area contributed by atoms with E-state index in [9.17, 15) is 4.79 Å². The van der Waals surface area contributed by atoms with Gasteiger partial charge in [-0.2, -0.15) is 11.3 Å². The van der Waals surface area contributed by atoms with Crippen LogP contribution < -0.4 is 5.32 Å². The maximum absolute atomic E-state index is 11.9. The zero-order valence-electron chi connectivity index (χ0n) is 10.4. The molecule has 0 aliphatic rings. The zero-order chi connectivity index (χ0) is 13.8. The number of aromatic nitrogens is 2. The van der Waals surface area contributed by atoms with E-state index in [4.69, 9.17) is 0 Å². The van der Waals surface area contributed by atoms with E-state index in [0.29, 0.717) is 11.6 Å². The highest BCUT2D eigenvalue weighted by Gasteiger charge is 2.09. The topological polar surface area (TPSA) is 54.9 Å². The second-order valence-electron chi connectivity index (χ2n) is 4.11. The third kappa shape index (κ3) is 3.09. The molecule has 3 heterocycles. The van der Waals surface area contributed by atoms with Crippen LogP contribution in [0.4, 0.5) is 5.13 Å². The molecule has 0 fully saturated rings. The number of hydrogen-bond acceptors (Lipinski definition) is 5. The highest BCUT2D eigenvalue weighted by molar-refractivity contribution is 7.14. The summed E-state index contributed by atoms with van der Waals surface area (Å²) in [5.41, 5.74) is 2.61. The molecule has 6 heteroatoms. The van der Waals surface area contributed by atoms with Crippen molar-refractivity contribution in [1.29, 1.82) is 0 Å². The normalized spacial score (nSPS) is 10.4. The smallest absolute Gasteiger partial charge is 0.230 e. The summed E-state index contributed by atoms with van der Waals surface area (Å²) in [7, 11) is 0. The fraction of sp³-hybridized carbons (Fsp3) is 0.0714. The number of nitrogens with one attached hydrogen (secondary N) is 1. The van der Waals surface area contributed by atoms with E-state index < -0.39 is 0 Å². The first-order valence-corrected chi connectivity index (χ1v) is 7.81. The molecule has 0 bridgehead atoms. The van der Waals surface area contributed by atoms with E-state index in [-0.39, 0.29) is 5.91 Å². The average Bonchev–Trinajstić information content (AvgIpc) is 3.11. The predicted octanol–water partition coefficient (Wildman–Crippen LogP) is 3.45. The number of nitrogens with zero attached hydrogens (tertiary/aromatic N) is 2. The SMILES string of the molecule is O=C(Cc1ccsc1)Nc1nc(-c2ccccn2)cs1. The molecule has 0 aliphatic heterocycles. The van der Waals surface area contributed by atoms with Crippen molar-refractivity contribution in [2.45, 2.75) is 6.42 Å². The van der Waals surface area contributed by atoms with Gasteiger partial charge in [0.1, 0.15) is 5.69 Å². The summed E-state index contributed by atoms with van der Waals surface area (Å²) >= 11 is 2.99. The second kappa shape index (κ2) is 5.94. The van der Waals surface area contributed by atoms with Crippen molar-refractivity contribution < 1.29 is 4.79 Å². The molecular weight excluding hydrogens is 290 g/mol. The van der Waals surface area contributed by atoms with E-state index >= 15 is 0 Å². The lowest BCUT2D eigenvalue weighted by Crippen LogP contribution is -2.13. The lowest BCUT2D eigenvalue weighted by molar-refractivity contribution is -0.115. The minimum Gasteiger partial charge on any atom is -0.302 e. The minimum absolute atomic E-state index is 0.0506. The van der Waals surface area contributed by atoms with Crippen molar-refractivity contribution >= 4 is 33.7 Å². The van der Waals surface area contributed by atoms with Gasteiger partial charge in [-0.3, -0.25) is 9.78 Å². The van der Waals surface area contributed by atoms with Gasteiger partial charge < -0.3 is 5.32 Å². The number of carbonyl (C=O) groups is 1. The maximum atomic E-state index is 11.9. The van der Waals surface area contributed by atoms with Gasteiger partial charge in [-0.05, 0) is 34.5 Å². The Morgan fingerprint density at radius 3 is 2.90 bits per heavy atom. The van der Waals surface area contributed by atoms with Crippen molar-refractivity contribution in [2.24, 2.45) is 0 Å². The molecule has 0 atom stereocenters. The molecule has 0 saturated heterocycles. The first-order chi connectivity index (χ1) is 9.81. The number of thiazole rings is 1. The summed E-state index contributed by atoms with van der Waals surface area (Å²) in [6.45, 7) is 0. The largest absolute Gasteiger partial charge is 0.302 e. The van der Waals surface area contributed by atoms with Crippen LogP contribution in [0.25, 0.3) is 11.4 Å². The van der Waals surface area contributed by atoms with Crippen molar-refractivity contribution in [3.8, 4) is 11.4 Å². The van der Waals surface area contributed by atoms with Gasteiger partial charge in [0.2, 0.25) is 5.91 Å². The monoisotopic (exact) mass is 301 g/mol. The lowest BCUT2D eigenvalue weighted by atomic mass is 10.2. The molecule has 3 aromatic heterocycles. The minimum atomic E-state index is -0.0506. The van der Waals surface area contributed by atoms with Gasteiger partial charge in [-0.15, -0.1) is 11.3 Å². The standard InChI is InChI=1S/C14H11N3OS2/c18-13(7-10-4-6-19-8-10)17-14-16-12(9-20-14)11-3-1-2-5-15-11/h1-6,8-9H,7H2,(H,16,17,18). The van der Waals surface area contributed by atoms with Crippen molar-refractivity contribution in [3.63, 3.8) is 0 Å². The summed E-state index contributed by atoms with van der Waals surface area (Å²) in [4.78, 5) is 20.5. The summed E-state index contributed by atoms with van der Waals surface area (Å²) in [6, 6.07) is 7.62. The Morgan fingerprint density at radius 2 is 2.15 bits per heavy atom. The first kappa shape index (κ1) is 13.0. The van der Waals surface area contributed by atoms with Crippen LogP contribution in [0.2, 0.25) is 0 Å². The van der Waals surface area contributed by atoms with Crippen LogP contribution in [0.15, 0.2) is 46.6 Å². The number of pyridine rings is 1. The maximum Gasteiger partial charge on any atom is 0.230 e. The number of amides is 1. The fourth-order valence-corrected chi connectivity index (χ4v) is 3.09. The molecule has 4 nitrogen and oxygen atoms in total. The molecule has 0 aromatic carbocycles. The zero-order valence-corrected chi connectivity index (χ0v) is 12.1. The summed E-state index contributed by atoms with van der Waals surface area (Å²) in [5, 5.41) is 9.25. The number of carbonyl (C=O) groups excluding carboxylic acids is 1. The molecule has 0 saturated carbocycles. The summed E-state index contributed by atoms with van der Waals surface area (Å²) in [6.07, 6.45) is 2.10. The molecule has 3 aromatic rings. The van der Waals surface area contributed by atoms with Gasteiger partial charge in [0.05, 0.1) is 12.1 Å². The third-order valence-corrected chi connectivity index (χ3v) is 4.11. The van der Waals surface area contributed by atoms with E-state index in [2.05, 4.69) is 15.3 Å². The van der Waals surface area contributed by atoms with Crippen LogP contribution in [-0.4, -0.2) is 15.9 Å². The van der Waals surface area contributed by atoms with Gasteiger partial charge in [-0.1, -0.05) is 6.07 Å². The highest BCUT2D eigenvalue weighted by Crippen LogP contribution is 2.23. The summed E-state index contributed by atoms with van der Waals surface area (Å²) < 4.78 is 0. The molecule has 3 rings (SSSR count). The van der Waals surface area contributed by atoms with E-state index in [1.165, 1.54) is 11.3 Å². The number of rotatable bonds is 4. The predicted molar refractivity (Wildman–Crippen MR) is 82.0 cm³/mol. The molecule has 0 aliphatic carbocycles. The number of anilines is 1. The molecule has 0 radical (unpaired) electrons. The number of hydrogen-bond donors (Lipinski definition) is 1. The van der Waals surface area contributed by atoms with Crippen LogP contribution in [-0.2, 0) is 11.2 Å². The van der Waals surface area contributed by atoms with E-state index in [0.717, 1.165) is 17.0 Å². The van der Waals surface area contributed by atoms with Gasteiger partial charge >= 0.3 is 0 Å². The van der Waals surface area contributed by atoms with Gasteiger partial charge in [0.15, 0.2) is 5.13 Å². The Labute approximate surface area is 124 Å². The van der Waals surface area contributed by atoms with Crippen LogP contribution in [0.5, 0.6) is 0 Å². The molecule has 0 unspecified atom stereocenters. The van der Waals surface area contributed by atoms with Crippen molar-refractivity contribution in [1.82, 2.24) is 9.97 Å². The van der Waals surface area contributed by atoms with Crippen molar-refractivity contribution in [2.75, 3.05) is 5.32 Å². The quantitative estimate of drug-likeness (QED) is 0.803. The van der Waals surface area contributed by atoms with Crippen LogP contribution in [0, 0.1) is 0 Å². The Hall–Kier alpha value is -2.05. The van der Waals surface area contributed by atoms with Gasteiger partial charge in [-0.25, -0.2) is 4.98 Å². The van der Waals surface area contributed by atoms with Gasteiger partial charge in [0.25, 0.3) is 0 Å². The molecule has 1 amide bonds. The Bertz CT molecular complexity index is 692. The third-order valence-electron chi connectivity index (χ3n) is 2.62. The Balaban J connectivity index is 1.67. The Morgan fingerprint density at radius 1 is 1.20 bits per heavy atom. The molecule has 100 valence electrons. The molecule has 20 heavy (non-hydrogen) atoms. The molecule has 1 N–H and O–H groups in total.